The zero-order chi connectivity index (χ0) is 29.3. The van der Waals surface area contributed by atoms with Gasteiger partial charge in [-0.3, -0.25) is 23.8 Å². The maximum atomic E-state index is 13.4. The Labute approximate surface area is 240 Å². The van der Waals surface area contributed by atoms with E-state index in [9.17, 15) is 18.0 Å². The van der Waals surface area contributed by atoms with Crippen molar-refractivity contribution in [2.24, 2.45) is 0 Å². The van der Waals surface area contributed by atoms with Crippen molar-refractivity contribution in [3.63, 3.8) is 0 Å². The molecule has 1 fully saturated rings. The molecule has 0 radical (unpaired) electrons. The standard InChI is InChI=1S/C30H30F3N7O2/c1-37-9-11-38(12-10-37)13-14-42-24-7-8-39-27(19-35-29(39)16-24)28(41)15-21-3-2-4-26-25(21)18-36-40(26)20-23-6-5-22(17-34-23)30(31,32)33/h2-8,16-19H,9-15,20H2,1H3. The van der Waals surface area contributed by atoms with Gasteiger partial charge in [0.05, 0.1) is 35.7 Å². The summed E-state index contributed by atoms with van der Waals surface area (Å²) in [5, 5.41) is 5.21. The number of fused-ring (bicyclic) bond motifs is 2. The molecule has 1 aliphatic heterocycles. The average Bonchev–Trinajstić information content (AvgIpc) is 3.59. The number of Topliss-reactive ketones (excluding diaryl/α,β-unsaturated/α-hetero) is 1. The topological polar surface area (TPSA) is 80.8 Å². The Morgan fingerprint density at radius 2 is 1.83 bits per heavy atom. The van der Waals surface area contributed by atoms with Gasteiger partial charge in [-0.25, -0.2) is 4.98 Å². The third-order valence-corrected chi connectivity index (χ3v) is 7.64. The van der Waals surface area contributed by atoms with Gasteiger partial charge in [-0.15, -0.1) is 0 Å². The Morgan fingerprint density at radius 1 is 1.00 bits per heavy atom. The molecule has 0 N–H and O–H groups in total. The van der Waals surface area contributed by atoms with Gasteiger partial charge in [0.15, 0.2) is 5.78 Å². The van der Waals surface area contributed by atoms with Crippen molar-refractivity contribution >= 4 is 22.3 Å². The fourth-order valence-corrected chi connectivity index (χ4v) is 5.17. The molecule has 0 unspecified atom stereocenters. The SMILES string of the molecule is CN1CCN(CCOc2ccn3c(C(=O)Cc4cccc5c4cnn5Cc4ccc(C(F)(F)F)cn4)cnc3c2)CC1. The van der Waals surface area contributed by atoms with Gasteiger partial charge in [-0.05, 0) is 36.9 Å². The normalized spacial score (nSPS) is 15.0. The highest BCUT2D eigenvalue weighted by Crippen LogP contribution is 2.29. The fraction of sp³-hybridized carbons (Fsp3) is 0.333. The number of benzene rings is 1. The minimum Gasteiger partial charge on any atom is -0.492 e. The van der Waals surface area contributed by atoms with Gasteiger partial charge in [0.1, 0.15) is 23.7 Å². The quantitative estimate of drug-likeness (QED) is 0.243. The van der Waals surface area contributed by atoms with Crippen molar-refractivity contribution in [2.75, 3.05) is 46.4 Å². The summed E-state index contributed by atoms with van der Waals surface area (Å²) in [6.45, 7) is 5.85. The number of alkyl halides is 3. The molecule has 0 bridgehead atoms. The summed E-state index contributed by atoms with van der Waals surface area (Å²) in [5.74, 6) is 0.608. The minimum atomic E-state index is -4.44. The first-order valence-corrected chi connectivity index (χ1v) is 13.7. The molecule has 12 heteroatoms. The van der Waals surface area contributed by atoms with Crippen molar-refractivity contribution < 1.29 is 22.7 Å². The number of aromatic nitrogens is 5. The Kier molecular flexibility index (Phi) is 7.65. The van der Waals surface area contributed by atoms with Gasteiger partial charge in [-0.1, -0.05) is 12.1 Å². The van der Waals surface area contributed by atoms with Crippen LogP contribution in [0, 0.1) is 0 Å². The third kappa shape index (κ3) is 6.00. The summed E-state index contributed by atoms with van der Waals surface area (Å²) in [4.78, 5) is 26.5. The Bertz CT molecular complexity index is 1700. The number of likely N-dealkylation sites (N-methyl/N-ethyl adjacent to an activating group) is 1. The lowest BCUT2D eigenvalue weighted by molar-refractivity contribution is -0.137. The van der Waals surface area contributed by atoms with Gasteiger partial charge < -0.3 is 9.64 Å². The highest BCUT2D eigenvalue weighted by molar-refractivity contribution is 5.99. The minimum absolute atomic E-state index is 0.101. The van der Waals surface area contributed by atoms with Crippen LogP contribution in [0.2, 0.25) is 0 Å². The van der Waals surface area contributed by atoms with E-state index in [2.05, 4.69) is 31.9 Å². The molecular weight excluding hydrogens is 547 g/mol. The van der Waals surface area contributed by atoms with Gasteiger partial charge in [0.2, 0.25) is 0 Å². The smallest absolute Gasteiger partial charge is 0.417 e. The molecule has 0 saturated carbocycles. The van der Waals surface area contributed by atoms with Gasteiger partial charge in [-0.2, -0.15) is 18.3 Å². The summed E-state index contributed by atoms with van der Waals surface area (Å²) in [6.07, 6.45) is 1.57. The van der Waals surface area contributed by atoms with Crippen LogP contribution >= 0.6 is 0 Å². The zero-order valence-corrected chi connectivity index (χ0v) is 23.1. The number of pyridine rings is 2. The lowest BCUT2D eigenvalue weighted by Crippen LogP contribution is -2.45. The number of piperazine rings is 1. The number of carbonyl (C=O) groups is 1. The summed E-state index contributed by atoms with van der Waals surface area (Å²) >= 11 is 0. The number of ketones is 1. The number of carbonyl (C=O) groups excluding carboxylic acids is 1. The van der Waals surface area contributed by atoms with Crippen LogP contribution in [0.5, 0.6) is 5.75 Å². The average molecular weight is 578 g/mol. The summed E-state index contributed by atoms with van der Waals surface area (Å²) in [5.41, 5.74) is 2.30. The second-order valence-corrected chi connectivity index (χ2v) is 10.5. The number of ether oxygens (including phenoxy) is 1. The molecule has 1 aromatic carbocycles. The first-order valence-electron chi connectivity index (χ1n) is 13.7. The first kappa shape index (κ1) is 27.9. The molecular formula is C30H30F3N7O2. The number of rotatable bonds is 9. The van der Waals surface area contributed by atoms with E-state index < -0.39 is 11.7 Å². The van der Waals surface area contributed by atoms with Crippen LogP contribution in [0.4, 0.5) is 13.2 Å². The highest BCUT2D eigenvalue weighted by atomic mass is 19.4. The molecule has 0 amide bonds. The van der Waals surface area contributed by atoms with Crippen molar-refractivity contribution in [2.45, 2.75) is 19.1 Å². The first-order chi connectivity index (χ1) is 20.2. The van der Waals surface area contributed by atoms with Crippen LogP contribution < -0.4 is 4.74 Å². The van der Waals surface area contributed by atoms with E-state index in [4.69, 9.17) is 4.74 Å². The van der Waals surface area contributed by atoms with Crippen molar-refractivity contribution in [1.29, 1.82) is 0 Å². The number of hydrogen-bond donors (Lipinski definition) is 0. The third-order valence-electron chi connectivity index (χ3n) is 7.64. The molecule has 6 rings (SSSR count). The fourth-order valence-electron chi connectivity index (χ4n) is 5.17. The van der Waals surface area contributed by atoms with E-state index >= 15 is 0 Å². The van der Waals surface area contributed by atoms with E-state index in [0.717, 1.165) is 61.5 Å². The Hall–Kier alpha value is -4.29. The molecule has 0 aliphatic carbocycles. The van der Waals surface area contributed by atoms with Crippen LogP contribution in [0.1, 0.15) is 27.3 Å². The molecule has 1 saturated heterocycles. The monoisotopic (exact) mass is 577 g/mol. The highest BCUT2D eigenvalue weighted by Gasteiger charge is 2.30. The molecule has 9 nitrogen and oxygen atoms in total. The van der Waals surface area contributed by atoms with Crippen molar-refractivity contribution in [3.05, 3.63) is 89.8 Å². The van der Waals surface area contributed by atoms with Crippen LogP contribution in [-0.2, 0) is 19.1 Å². The predicted octanol–water partition coefficient (Wildman–Crippen LogP) is 4.20. The van der Waals surface area contributed by atoms with Crippen LogP contribution in [-0.4, -0.2) is 86.1 Å². The second kappa shape index (κ2) is 11.5. The molecule has 4 aromatic heterocycles. The Morgan fingerprint density at radius 3 is 2.60 bits per heavy atom. The predicted molar refractivity (Wildman–Crippen MR) is 151 cm³/mol. The molecule has 5 heterocycles. The maximum Gasteiger partial charge on any atom is 0.417 e. The number of nitrogens with zero attached hydrogens (tertiary/aromatic N) is 7. The number of halogens is 3. The van der Waals surface area contributed by atoms with E-state index in [-0.39, 0.29) is 18.7 Å². The molecule has 218 valence electrons. The number of hydrogen-bond acceptors (Lipinski definition) is 7. The second-order valence-electron chi connectivity index (χ2n) is 10.5. The van der Waals surface area contributed by atoms with E-state index in [1.54, 1.807) is 27.7 Å². The van der Waals surface area contributed by atoms with E-state index in [1.807, 2.05) is 30.3 Å². The molecule has 42 heavy (non-hydrogen) atoms. The van der Waals surface area contributed by atoms with Gasteiger partial charge >= 0.3 is 6.18 Å². The zero-order valence-electron chi connectivity index (χ0n) is 23.1. The summed E-state index contributed by atoms with van der Waals surface area (Å²) in [6, 6.07) is 11.6. The van der Waals surface area contributed by atoms with Crippen LogP contribution in [0.15, 0.2) is 67.3 Å². The number of imidazole rings is 1. The van der Waals surface area contributed by atoms with Gasteiger partial charge in [0.25, 0.3) is 0 Å². The molecule has 5 aromatic rings. The summed E-state index contributed by atoms with van der Waals surface area (Å²) in [7, 11) is 2.13. The van der Waals surface area contributed by atoms with Gasteiger partial charge in [0, 0.05) is 63.0 Å². The maximum absolute atomic E-state index is 13.4. The summed E-state index contributed by atoms with van der Waals surface area (Å²) < 4.78 is 48.0. The van der Waals surface area contributed by atoms with E-state index in [0.29, 0.717) is 29.4 Å². The van der Waals surface area contributed by atoms with E-state index in [1.165, 1.54) is 6.07 Å². The molecule has 0 spiro atoms. The van der Waals surface area contributed by atoms with Crippen molar-refractivity contribution in [3.8, 4) is 5.75 Å². The lowest BCUT2D eigenvalue weighted by atomic mass is 10.0. The molecule has 1 aliphatic rings. The van der Waals surface area contributed by atoms with Crippen LogP contribution in [0.3, 0.4) is 0 Å². The lowest BCUT2D eigenvalue weighted by Gasteiger charge is -2.32. The van der Waals surface area contributed by atoms with Crippen molar-refractivity contribution in [1.82, 2.24) is 33.9 Å². The largest absolute Gasteiger partial charge is 0.492 e. The Balaban J connectivity index is 1.12. The van der Waals surface area contributed by atoms with Crippen LogP contribution in [0.25, 0.3) is 16.6 Å². The molecule has 0 atom stereocenters.